The zero-order chi connectivity index (χ0) is 12.6. The van der Waals surface area contributed by atoms with Crippen LogP contribution in [0.15, 0.2) is 21.9 Å². The highest BCUT2D eigenvalue weighted by Crippen LogP contribution is 2.32. The Balaban J connectivity index is 2.35. The summed E-state index contributed by atoms with van der Waals surface area (Å²) in [5.41, 5.74) is -1.15. The number of aromatic amines is 1. The smallest absolute Gasteiger partial charge is 0.330 e. The Kier molecular flexibility index (Phi) is 3.14. The molecule has 1 aromatic rings. The van der Waals surface area contributed by atoms with E-state index in [0.717, 1.165) is 4.57 Å². The van der Waals surface area contributed by atoms with E-state index in [4.69, 9.17) is 9.84 Å². The van der Waals surface area contributed by atoms with Crippen molar-refractivity contribution >= 4 is 0 Å². The zero-order valence-corrected chi connectivity index (χ0v) is 9.24. The molecule has 3 N–H and O–H groups in total. The Morgan fingerprint density at radius 2 is 2.24 bits per heavy atom. The molecular formula is C10H14N2O5. The van der Waals surface area contributed by atoms with Gasteiger partial charge in [0, 0.05) is 18.2 Å². The molecule has 1 fully saturated rings. The Morgan fingerprint density at radius 3 is 2.76 bits per heavy atom. The summed E-state index contributed by atoms with van der Waals surface area (Å²) in [7, 11) is 0. The number of H-pyrrole nitrogens is 1. The lowest BCUT2D eigenvalue weighted by Gasteiger charge is -2.17. The summed E-state index contributed by atoms with van der Waals surface area (Å²) < 4.78 is 6.49. The molecule has 0 bridgehead atoms. The van der Waals surface area contributed by atoms with E-state index in [-0.39, 0.29) is 12.5 Å². The van der Waals surface area contributed by atoms with Crippen molar-refractivity contribution in [1.82, 2.24) is 9.55 Å². The second-order valence-electron chi connectivity index (χ2n) is 4.11. The maximum Gasteiger partial charge on any atom is 0.330 e. The number of nitrogens with zero attached hydrogens (tertiary/aromatic N) is 1. The molecule has 2 heterocycles. The van der Waals surface area contributed by atoms with Gasteiger partial charge in [0.25, 0.3) is 5.56 Å². The molecule has 1 aromatic heterocycles. The van der Waals surface area contributed by atoms with E-state index in [0.29, 0.717) is 0 Å². The van der Waals surface area contributed by atoms with Crippen molar-refractivity contribution in [2.45, 2.75) is 25.4 Å². The lowest BCUT2D eigenvalue weighted by molar-refractivity contribution is -0.0534. The monoisotopic (exact) mass is 242 g/mol. The van der Waals surface area contributed by atoms with Gasteiger partial charge in [-0.1, -0.05) is 6.92 Å². The van der Waals surface area contributed by atoms with Crippen LogP contribution in [0.1, 0.15) is 13.2 Å². The largest absolute Gasteiger partial charge is 0.394 e. The maximum absolute atomic E-state index is 11.5. The second-order valence-corrected chi connectivity index (χ2v) is 4.11. The Labute approximate surface area is 96.3 Å². The van der Waals surface area contributed by atoms with Crippen molar-refractivity contribution < 1.29 is 14.9 Å². The first-order valence-electron chi connectivity index (χ1n) is 5.30. The van der Waals surface area contributed by atoms with Gasteiger partial charge in [-0.3, -0.25) is 14.3 Å². The molecule has 0 aliphatic carbocycles. The van der Waals surface area contributed by atoms with Crippen molar-refractivity contribution in [1.29, 1.82) is 0 Å². The molecule has 2 rings (SSSR count). The number of hydrogen-bond acceptors (Lipinski definition) is 5. The molecular weight excluding hydrogens is 228 g/mol. The fourth-order valence-electron chi connectivity index (χ4n) is 1.93. The third kappa shape index (κ3) is 2.04. The number of ether oxygens (including phenoxy) is 1. The normalized spacial score (nSPS) is 32.9. The van der Waals surface area contributed by atoms with Crippen molar-refractivity contribution in [2.24, 2.45) is 5.92 Å². The lowest BCUT2D eigenvalue weighted by atomic mass is 10.0. The van der Waals surface area contributed by atoms with Crippen LogP contribution < -0.4 is 11.2 Å². The van der Waals surface area contributed by atoms with Crippen LogP contribution in [0.3, 0.4) is 0 Å². The van der Waals surface area contributed by atoms with E-state index in [1.165, 1.54) is 12.3 Å². The van der Waals surface area contributed by atoms with Gasteiger partial charge >= 0.3 is 5.69 Å². The predicted molar refractivity (Wildman–Crippen MR) is 57.5 cm³/mol. The minimum absolute atomic E-state index is 0.229. The first-order chi connectivity index (χ1) is 8.04. The maximum atomic E-state index is 11.5. The van der Waals surface area contributed by atoms with E-state index in [9.17, 15) is 14.7 Å². The molecule has 0 radical (unpaired) electrons. The topological polar surface area (TPSA) is 105 Å². The number of rotatable bonds is 2. The molecule has 1 aliphatic heterocycles. The van der Waals surface area contributed by atoms with Crippen molar-refractivity contribution in [3.63, 3.8) is 0 Å². The number of nitrogens with one attached hydrogen (secondary N) is 1. The third-order valence-electron chi connectivity index (χ3n) is 3.04. The number of hydrogen-bond donors (Lipinski definition) is 3. The van der Waals surface area contributed by atoms with E-state index in [1.54, 1.807) is 6.92 Å². The molecule has 1 aliphatic rings. The van der Waals surface area contributed by atoms with Gasteiger partial charge in [0.2, 0.25) is 0 Å². The minimum Gasteiger partial charge on any atom is -0.394 e. The van der Waals surface area contributed by atoms with Crippen molar-refractivity contribution in [3.05, 3.63) is 33.1 Å². The molecule has 0 amide bonds. The summed E-state index contributed by atoms with van der Waals surface area (Å²) in [5.74, 6) is -0.288. The van der Waals surface area contributed by atoms with E-state index in [1.807, 2.05) is 0 Å². The third-order valence-corrected chi connectivity index (χ3v) is 3.04. The first kappa shape index (κ1) is 12.0. The zero-order valence-electron chi connectivity index (χ0n) is 9.24. The molecule has 0 saturated carbocycles. The minimum atomic E-state index is -0.907. The highest BCUT2D eigenvalue weighted by atomic mass is 16.5. The van der Waals surface area contributed by atoms with E-state index in [2.05, 4.69) is 4.98 Å². The lowest BCUT2D eigenvalue weighted by Crippen LogP contribution is -2.35. The van der Waals surface area contributed by atoms with E-state index >= 15 is 0 Å². The van der Waals surface area contributed by atoms with Crippen LogP contribution in [-0.2, 0) is 4.74 Å². The highest BCUT2D eigenvalue weighted by molar-refractivity contribution is 4.91. The fraction of sp³-hybridized carbons (Fsp3) is 0.600. The molecule has 4 atom stereocenters. The van der Waals surface area contributed by atoms with Gasteiger partial charge in [0.1, 0.15) is 6.10 Å². The van der Waals surface area contributed by atoms with Gasteiger partial charge < -0.3 is 14.9 Å². The Morgan fingerprint density at radius 1 is 1.53 bits per heavy atom. The van der Waals surface area contributed by atoms with Crippen LogP contribution in [0, 0.1) is 5.92 Å². The molecule has 7 nitrogen and oxygen atoms in total. The Bertz CT molecular complexity index is 508. The first-order valence-corrected chi connectivity index (χ1v) is 5.30. The summed E-state index contributed by atoms with van der Waals surface area (Å²) in [6, 6.07) is 1.18. The highest BCUT2D eigenvalue weighted by Gasteiger charge is 2.41. The van der Waals surface area contributed by atoms with Gasteiger partial charge in [0.15, 0.2) is 6.23 Å². The van der Waals surface area contributed by atoms with Gasteiger partial charge in [0.05, 0.1) is 12.7 Å². The van der Waals surface area contributed by atoms with Gasteiger partial charge in [-0.25, -0.2) is 4.79 Å². The molecule has 1 unspecified atom stereocenters. The summed E-state index contributed by atoms with van der Waals surface area (Å²) in [6.07, 6.45) is -1.04. The number of aromatic nitrogens is 2. The van der Waals surface area contributed by atoms with Gasteiger partial charge in [-0.15, -0.1) is 0 Å². The van der Waals surface area contributed by atoms with Gasteiger partial charge in [-0.05, 0) is 0 Å². The average molecular weight is 242 g/mol. The number of aliphatic hydroxyl groups is 2. The van der Waals surface area contributed by atoms with Crippen molar-refractivity contribution in [3.8, 4) is 0 Å². The molecule has 7 heteroatoms. The van der Waals surface area contributed by atoms with Crippen LogP contribution in [0.25, 0.3) is 0 Å². The van der Waals surface area contributed by atoms with Crippen LogP contribution in [0.2, 0.25) is 0 Å². The summed E-state index contributed by atoms with van der Waals surface area (Å²) in [4.78, 5) is 24.5. The second kappa shape index (κ2) is 4.44. The van der Waals surface area contributed by atoms with E-state index < -0.39 is 29.7 Å². The summed E-state index contributed by atoms with van der Waals surface area (Å²) in [5, 5.41) is 19.0. The summed E-state index contributed by atoms with van der Waals surface area (Å²) in [6.45, 7) is 1.50. The van der Waals surface area contributed by atoms with Crippen LogP contribution >= 0.6 is 0 Å². The summed E-state index contributed by atoms with van der Waals surface area (Å²) >= 11 is 0. The SMILES string of the molecule is C[C@H]1[C@@H](CO)OC(n2ccc(=O)[nH]c2=O)[C@@H]1O. The molecule has 94 valence electrons. The fourth-order valence-corrected chi connectivity index (χ4v) is 1.93. The molecule has 0 aromatic carbocycles. The van der Waals surface area contributed by atoms with Crippen LogP contribution in [-0.4, -0.2) is 38.6 Å². The molecule has 0 spiro atoms. The van der Waals surface area contributed by atoms with Crippen LogP contribution in [0.5, 0.6) is 0 Å². The quantitative estimate of drug-likeness (QED) is 0.580. The van der Waals surface area contributed by atoms with Crippen molar-refractivity contribution in [2.75, 3.05) is 6.61 Å². The average Bonchev–Trinajstić information content (AvgIpc) is 2.57. The van der Waals surface area contributed by atoms with Gasteiger partial charge in [-0.2, -0.15) is 0 Å². The van der Waals surface area contributed by atoms with Crippen LogP contribution in [0.4, 0.5) is 0 Å². The number of aliphatic hydroxyl groups excluding tert-OH is 2. The molecule has 17 heavy (non-hydrogen) atoms. The molecule has 1 saturated heterocycles. The Hall–Kier alpha value is -1.44. The predicted octanol–water partition coefficient (Wildman–Crippen LogP) is -1.58. The standard InChI is InChI=1S/C10H14N2O5/c1-5-6(4-13)17-9(8(5)15)12-3-2-7(14)11-10(12)16/h2-3,5-6,8-9,13,15H,4H2,1H3,(H,11,14,16)/t5-,6+,8+,9?/m0/s1.